The Bertz CT molecular complexity index is 661. The van der Waals surface area contributed by atoms with Gasteiger partial charge in [-0.3, -0.25) is 9.98 Å². The standard InChI is InChI=1S/C18H23FN4.HI/c1-14-13-21-9-7-16(14)8-11-23-18(20-2)22-10-6-15-4-3-5-17(19)12-15;/h3-5,7,9,12-13H,6,8,10-11H2,1-2H3,(H2,20,22,23);1H. The average Bonchev–Trinajstić information content (AvgIpc) is 2.55. The minimum Gasteiger partial charge on any atom is -0.356 e. The summed E-state index contributed by atoms with van der Waals surface area (Å²) in [5.74, 6) is 0.561. The molecule has 0 fully saturated rings. The summed E-state index contributed by atoms with van der Waals surface area (Å²) in [6, 6.07) is 8.71. The number of nitrogens with zero attached hydrogens (tertiary/aromatic N) is 2. The molecule has 2 aromatic rings. The maximum atomic E-state index is 13.1. The molecular weight excluding hydrogens is 418 g/mol. The molecule has 0 aliphatic carbocycles. The summed E-state index contributed by atoms with van der Waals surface area (Å²) in [7, 11) is 1.75. The quantitative estimate of drug-likeness (QED) is 0.411. The molecule has 0 aliphatic rings. The van der Waals surface area contributed by atoms with Crippen molar-refractivity contribution in [2.75, 3.05) is 20.1 Å². The molecule has 24 heavy (non-hydrogen) atoms. The summed E-state index contributed by atoms with van der Waals surface area (Å²) in [5.41, 5.74) is 3.45. The first-order chi connectivity index (χ1) is 11.2. The van der Waals surface area contributed by atoms with Crippen LogP contribution in [0.3, 0.4) is 0 Å². The van der Waals surface area contributed by atoms with Gasteiger partial charge in [0, 0.05) is 32.5 Å². The van der Waals surface area contributed by atoms with Crippen LogP contribution >= 0.6 is 24.0 Å². The zero-order valence-electron chi connectivity index (χ0n) is 14.1. The highest BCUT2D eigenvalue weighted by Crippen LogP contribution is 2.05. The number of aryl methyl sites for hydroxylation is 1. The molecule has 0 spiro atoms. The van der Waals surface area contributed by atoms with Crippen LogP contribution in [0.25, 0.3) is 0 Å². The monoisotopic (exact) mass is 442 g/mol. The van der Waals surface area contributed by atoms with Crippen molar-refractivity contribution in [3.05, 3.63) is 65.2 Å². The number of pyridine rings is 1. The van der Waals surface area contributed by atoms with Crippen LogP contribution in [0.4, 0.5) is 4.39 Å². The highest BCUT2D eigenvalue weighted by Gasteiger charge is 2.01. The number of rotatable bonds is 6. The lowest BCUT2D eigenvalue weighted by Crippen LogP contribution is -2.39. The minimum absolute atomic E-state index is 0. The Morgan fingerprint density at radius 3 is 2.58 bits per heavy atom. The second kappa shape index (κ2) is 11.0. The molecule has 0 unspecified atom stereocenters. The van der Waals surface area contributed by atoms with Gasteiger partial charge >= 0.3 is 0 Å². The average molecular weight is 442 g/mol. The third-order valence-electron chi connectivity index (χ3n) is 3.64. The molecule has 1 aromatic carbocycles. The Balaban J connectivity index is 0.00000288. The molecule has 2 N–H and O–H groups in total. The predicted molar refractivity (Wildman–Crippen MR) is 108 cm³/mol. The number of guanidine groups is 1. The van der Waals surface area contributed by atoms with Crippen molar-refractivity contribution < 1.29 is 4.39 Å². The number of hydrogen-bond donors (Lipinski definition) is 2. The first kappa shape index (κ1) is 20.3. The number of hydrogen-bond acceptors (Lipinski definition) is 2. The molecule has 1 aromatic heterocycles. The fourth-order valence-electron chi connectivity index (χ4n) is 2.34. The van der Waals surface area contributed by atoms with Crippen LogP contribution in [0.1, 0.15) is 16.7 Å². The Hall–Kier alpha value is -1.70. The lowest BCUT2D eigenvalue weighted by Gasteiger charge is -2.12. The SMILES string of the molecule is CN=C(NCCc1cccc(F)c1)NCCc1ccncc1C.I. The van der Waals surface area contributed by atoms with Gasteiger partial charge in [0.2, 0.25) is 0 Å². The van der Waals surface area contributed by atoms with Gasteiger partial charge in [-0.1, -0.05) is 12.1 Å². The van der Waals surface area contributed by atoms with Gasteiger partial charge in [0.05, 0.1) is 0 Å². The Labute approximate surface area is 160 Å². The van der Waals surface area contributed by atoms with Gasteiger partial charge in [0.25, 0.3) is 0 Å². The lowest BCUT2D eigenvalue weighted by atomic mass is 10.1. The molecule has 1 heterocycles. The van der Waals surface area contributed by atoms with E-state index in [-0.39, 0.29) is 29.8 Å². The highest BCUT2D eigenvalue weighted by molar-refractivity contribution is 14.0. The van der Waals surface area contributed by atoms with Crippen LogP contribution in [-0.2, 0) is 12.8 Å². The van der Waals surface area contributed by atoms with Gasteiger partial charge < -0.3 is 10.6 Å². The van der Waals surface area contributed by atoms with Crippen LogP contribution in [0, 0.1) is 12.7 Å². The largest absolute Gasteiger partial charge is 0.356 e. The number of halogens is 2. The fraction of sp³-hybridized carbons (Fsp3) is 0.333. The normalized spacial score (nSPS) is 10.9. The van der Waals surface area contributed by atoms with E-state index < -0.39 is 0 Å². The molecule has 0 saturated carbocycles. The number of nitrogens with one attached hydrogen (secondary N) is 2. The van der Waals surface area contributed by atoms with Crippen LogP contribution in [-0.4, -0.2) is 31.1 Å². The molecule has 2 rings (SSSR count). The van der Waals surface area contributed by atoms with Crippen LogP contribution in [0.5, 0.6) is 0 Å². The van der Waals surface area contributed by atoms with E-state index in [1.54, 1.807) is 19.2 Å². The lowest BCUT2D eigenvalue weighted by molar-refractivity contribution is 0.625. The van der Waals surface area contributed by atoms with E-state index in [2.05, 4.69) is 27.5 Å². The number of aliphatic imine (C=N–C) groups is 1. The van der Waals surface area contributed by atoms with Crippen molar-refractivity contribution in [3.8, 4) is 0 Å². The summed E-state index contributed by atoms with van der Waals surface area (Å²) >= 11 is 0. The van der Waals surface area contributed by atoms with Gasteiger partial charge in [0.1, 0.15) is 5.82 Å². The van der Waals surface area contributed by atoms with Crippen molar-refractivity contribution in [1.82, 2.24) is 15.6 Å². The van der Waals surface area contributed by atoms with E-state index in [1.807, 2.05) is 24.5 Å². The molecule has 0 amide bonds. The molecule has 0 radical (unpaired) electrons. The van der Waals surface area contributed by atoms with Crippen molar-refractivity contribution in [2.45, 2.75) is 19.8 Å². The molecular formula is C18H24FIN4. The summed E-state index contributed by atoms with van der Waals surface area (Å²) in [4.78, 5) is 8.29. The maximum Gasteiger partial charge on any atom is 0.190 e. The minimum atomic E-state index is -0.197. The fourth-order valence-corrected chi connectivity index (χ4v) is 2.34. The van der Waals surface area contributed by atoms with Crippen molar-refractivity contribution in [1.29, 1.82) is 0 Å². The first-order valence-corrected chi connectivity index (χ1v) is 7.77. The Kier molecular flexibility index (Phi) is 9.29. The van der Waals surface area contributed by atoms with Crippen LogP contribution < -0.4 is 10.6 Å². The zero-order chi connectivity index (χ0) is 16.5. The third-order valence-corrected chi connectivity index (χ3v) is 3.64. The predicted octanol–water partition coefficient (Wildman–Crippen LogP) is 3.10. The van der Waals surface area contributed by atoms with E-state index >= 15 is 0 Å². The van der Waals surface area contributed by atoms with Gasteiger partial charge in [0.15, 0.2) is 5.96 Å². The Morgan fingerprint density at radius 2 is 1.92 bits per heavy atom. The van der Waals surface area contributed by atoms with Crippen molar-refractivity contribution >= 4 is 29.9 Å². The molecule has 0 saturated heterocycles. The smallest absolute Gasteiger partial charge is 0.190 e. The third kappa shape index (κ3) is 6.82. The van der Waals surface area contributed by atoms with Crippen LogP contribution in [0.15, 0.2) is 47.7 Å². The Morgan fingerprint density at radius 1 is 1.17 bits per heavy atom. The van der Waals surface area contributed by atoms with Crippen molar-refractivity contribution in [3.63, 3.8) is 0 Å². The number of aromatic nitrogens is 1. The van der Waals surface area contributed by atoms with Gasteiger partial charge in [-0.15, -0.1) is 24.0 Å². The summed E-state index contributed by atoms with van der Waals surface area (Å²) < 4.78 is 13.1. The maximum absolute atomic E-state index is 13.1. The molecule has 4 nitrogen and oxygen atoms in total. The molecule has 6 heteroatoms. The van der Waals surface area contributed by atoms with E-state index in [0.29, 0.717) is 6.54 Å². The molecule has 0 bridgehead atoms. The first-order valence-electron chi connectivity index (χ1n) is 7.77. The zero-order valence-corrected chi connectivity index (χ0v) is 16.4. The van der Waals surface area contributed by atoms with E-state index in [9.17, 15) is 4.39 Å². The topological polar surface area (TPSA) is 49.3 Å². The van der Waals surface area contributed by atoms with Gasteiger partial charge in [-0.05, 0) is 54.7 Å². The molecule has 0 atom stereocenters. The summed E-state index contributed by atoms with van der Waals surface area (Å²) in [6.07, 6.45) is 5.36. The van der Waals surface area contributed by atoms with Gasteiger partial charge in [-0.2, -0.15) is 0 Å². The highest BCUT2D eigenvalue weighted by atomic mass is 127. The van der Waals surface area contributed by atoms with E-state index in [4.69, 9.17) is 0 Å². The van der Waals surface area contributed by atoms with Crippen molar-refractivity contribution in [2.24, 2.45) is 4.99 Å². The van der Waals surface area contributed by atoms with Gasteiger partial charge in [-0.25, -0.2) is 4.39 Å². The second-order valence-corrected chi connectivity index (χ2v) is 5.36. The summed E-state index contributed by atoms with van der Waals surface area (Å²) in [5, 5.41) is 6.53. The molecule has 130 valence electrons. The summed E-state index contributed by atoms with van der Waals surface area (Å²) in [6.45, 7) is 3.57. The second-order valence-electron chi connectivity index (χ2n) is 5.36. The number of benzene rings is 1. The van der Waals surface area contributed by atoms with E-state index in [0.717, 1.165) is 30.9 Å². The van der Waals surface area contributed by atoms with E-state index in [1.165, 1.54) is 17.2 Å². The van der Waals surface area contributed by atoms with Crippen LogP contribution in [0.2, 0.25) is 0 Å². The molecule has 0 aliphatic heterocycles.